The Labute approximate surface area is 142 Å². The minimum absolute atomic E-state index is 0.194. The molecule has 3 rings (SSSR count). The first-order valence-corrected chi connectivity index (χ1v) is 9.36. The van der Waals surface area contributed by atoms with Crippen molar-refractivity contribution in [3.8, 4) is 0 Å². The van der Waals surface area contributed by atoms with Crippen molar-refractivity contribution in [3.63, 3.8) is 0 Å². The van der Waals surface area contributed by atoms with E-state index in [1.807, 2.05) is 26.0 Å². The molecule has 126 valence electrons. The summed E-state index contributed by atoms with van der Waals surface area (Å²) in [5.74, 6) is -0.274. The third-order valence-corrected chi connectivity index (χ3v) is 5.99. The third-order valence-electron chi connectivity index (χ3n) is 4.16. The molecule has 0 aliphatic carbocycles. The number of fused-ring (bicyclic) bond motifs is 1. The number of nitrogens with zero attached hydrogens (tertiary/aromatic N) is 1. The summed E-state index contributed by atoms with van der Waals surface area (Å²) in [4.78, 5) is 12.6. The van der Waals surface area contributed by atoms with Gasteiger partial charge >= 0.3 is 0 Å². The number of likely N-dealkylation sites (N-methyl/N-ethyl adjacent to an activating group) is 1. The average Bonchev–Trinajstić information content (AvgIpc) is 2.96. The van der Waals surface area contributed by atoms with E-state index in [4.69, 9.17) is 0 Å². The molecule has 5 nitrogen and oxygen atoms in total. The van der Waals surface area contributed by atoms with Crippen LogP contribution in [-0.2, 0) is 21.2 Å². The molecule has 0 radical (unpaired) electrons. The largest absolute Gasteiger partial charge is 0.355 e. The van der Waals surface area contributed by atoms with E-state index >= 15 is 0 Å². The van der Waals surface area contributed by atoms with Gasteiger partial charge in [-0.25, -0.2) is 8.42 Å². The van der Waals surface area contributed by atoms with Crippen LogP contribution in [-0.4, -0.2) is 26.9 Å². The number of nitrogens with one attached hydrogen (secondary N) is 1. The first-order chi connectivity index (χ1) is 11.4. The molecule has 1 N–H and O–H groups in total. The van der Waals surface area contributed by atoms with Gasteiger partial charge in [-0.3, -0.25) is 9.10 Å². The second kappa shape index (κ2) is 6.28. The molecule has 2 aromatic carbocycles. The van der Waals surface area contributed by atoms with E-state index in [1.165, 1.54) is 4.31 Å². The predicted octanol–water partition coefficient (Wildman–Crippen LogP) is 2.25. The predicted molar refractivity (Wildman–Crippen MR) is 93.5 cm³/mol. The topological polar surface area (TPSA) is 66.5 Å². The van der Waals surface area contributed by atoms with Gasteiger partial charge in [0.25, 0.3) is 10.0 Å². The molecule has 1 aliphatic rings. The standard InChI is InChI=1S/C18H20N2O3S/c1-3-19-18(21)17-12-14-6-4-5-7-16(14)20(17)24(22,23)15-10-8-13(2)9-11-15/h4-11,17H,3,12H2,1-2H3,(H,19,21). The van der Waals surface area contributed by atoms with E-state index in [9.17, 15) is 13.2 Å². The molecule has 0 aromatic heterocycles. The Hall–Kier alpha value is -2.34. The zero-order chi connectivity index (χ0) is 17.3. The number of aryl methyl sites for hydroxylation is 1. The maximum absolute atomic E-state index is 13.2. The Morgan fingerprint density at radius 1 is 1.17 bits per heavy atom. The van der Waals surface area contributed by atoms with Gasteiger partial charge in [0.15, 0.2) is 0 Å². The zero-order valence-electron chi connectivity index (χ0n) is 13.7. The summed E-state index contributed by atoms with van der Waals surface area (Å²) in [6.07, 6.45) is 0.382. The molecule has 1 unspecified atom stereocenters. The summed E-state index contributed by atoms with van der Waals surface area (Å²) >= 11 is 0. The second-order valence-electron chi connectivity index (χ2n) is 5.86. The van der Waals surface area contributed by atoms with Gasteiger partial charge < -0.3 is 5.32 Å². The molecular weight excluding hydrogens is 324 g/mol. The van der Waals surface area contributed by atoms with Crippen LogP contribution in [0.25, 0.3) is 0 Å². The molecule has 1 heterocycles. The summed E-state index contributed by atoms with van der Waals surface area (Å²) in [6, 6.07) is 13.2. The highest BCUT2D eigenvalue weighted by atomic mass is 32.2. The summed E-state index contributed by atoms with van der Waals surface area (Å²) in [5, 5.41) is 2.74. The van der Waals surface area contributed by atoms with Crippen LogP contribution < -0.4 is 9.62 Å². The lowest BCUT2D eigenvalue weighted by atomic mass is 10.1. The maximum Gasteiger partial charge on any atom is 0.265 e. The highest BCUT2D eigenvalue weighted by Crippen LogP contribution is 2.36. The van der Waals surface area contributed by atoms with Gasteiger partial charge in [-0.1, -0.05) is 35.9 Å². The molecule has 1 atom stereocenters. The fourth-order valence-corrected chi connectivity index (χ4v) is 4.62. The Morgan fingerprint density at radius 2 is 1.83 bits per heavy atom. The number of carbonyl (C=O) groups is 1. The van der Waals surface area contributed by atoms with Gasteiger partial charge in [-0.15, -0.1) is 0 Å². The van der Waals surface area contributed by atoms with Crippen molar-refractivity contribution in [2.45, 2.75) is 31.2 Å². The van der Waals surface area contributed by atoms with E-state index in [0.29, 0.717) is 18.7 Å². The molecule has 0 bridgehead atoms. The highest BCUT2D eigenvalue weighted by molar-refractivity contribution is 7.93. The molecule has 2 aromatic rings. The quantitative estimate of drug-likeness (QED) is 0.925. The maximum atomic E-state index is 13.2. The number of amides is 1. The van der Waals surface area contributed by atoms with Crippen LogP contribution in [0.3, 0.4) is 0 Å². The minimum Gasteiger partial charge on any atom is -0.355 e. The molecule has 1 amide bonds. The van der Waals surface area contributed by atoms with Crippen molar-refractivity contribution in [2.75, 3.05) is 10.8 Å². The normalized spacial score (nSPS) is 16.8. The van der Waals surface area contributed by atoms with Crippen LogP contribution in [0.1, 0.15) is 18.1 Å². The Morgan fingerprint density at radius 3 is 2.50 bits per heavy atom. The van der Waals surface area contributed by atoms with Gasteiger partial charge in [0.05, 0.1) is 10.6 Å². The molecule has 24 heavy (non-hydrogen) atoms. The summed E-state index contributed by atoms with van der Waals surface area (Å²) in [7, 11) is -3.81. The lowest BCUT2D eigenvalue weighted by Crippen LogP contribution is -2.47. The molecule has 0 fully saturated rings. The SMILES string of the molecule is CCNC(=O)C1Cc2ccccc2N1S(=O)(=O)c1ccc(C)cc1. The molecule has 1 aliphatic heterocycles. The average molecular weight is 344 g/mol. The lowest BCUT2D eigenvalue weighted by Gasteiger charge is -2.26. The summed E-state index contributed by atoms with van der Waals surface area (Å²) < 4.78 is 27.6. The summed E-state index contributed by atoms with van der Waals surface area (Å²) in [6.45, 7) is 4.18. The minimum atomic E-state index is -3.81. The Bertz CT molecular complexity index is 860. The molecule has 6 heteroatoms. The van der Waals surface area contributed by atoms with Crippen molar-refractivity contribution >= 4 is 21.6 Å². The fraction of sp³-hybridized carbons (Fsp3) is 0.278. The van der Waals surface area contributed by atoms with Crippen LogP contribution in [0.5, 0.6) is 0 Å². The Balaban J connectivity index is 2.09. The third kappa shape index (κ3) is 2.78. The van der Waals surface area contributed by atoms with Crippen molar-refractivity contribution in [1.82, 2.24) is 5.32 Å². The van der Waals surface area contributed by atoms with Crippen LogP contribution in [0.2, 0.25) is 0 Å². The first kappa shape index (κ1) is 16.5. The van der Waals surface area contributed by atoms with Crippen molar-refractivity contribution < 1.29 is 13.2 Å². The van der Waals surface area contributed by atoms with Crippen LogP contribution in [0.15, 0.2) is 53.4 Å². The summed E-state index contributed by atoms with van der Waals surface area (Å²) in [5.41, 5.74) is 2.43. The lowest BCUT2D eigenvalue weighted by molar-refractivity contribution is -0.121. The number of hydrogen-bond acceptors (Lipinski definition) is 3. The number of carbonyl (C=O) groups excluding carboxylic acids is 1. The van der Waals surface area contributed by atoms with Gasteiger partial charge in [0, 0.05) is 13.0 Å². The van der Waals surface area contributed by atoms with Crippen LogP contribution in [0, 0.1) is 6.92 Å². The van der Waals surface area contributed by atoms with Crippen molar-refractivity contribution in [1.29, 1.82) is 0 Å². The fourth-order valence-electron chi connectivity index (χ4n) is 2.97. The Kier molecular flexibility index (Phi) is 4.32. The van der Waals surface area contributed by atoms with Crippen molar-refractivity contribution in [3.05, 3.63) is 59.7 Å². The molecular formula is C18H20N2O3S. The van der Waals surface area contributed by atoms with E-state index in [-0.39, 0.29) is 10.8 Å². The van der Waals surface area contributed by atoms with E-state index in [2.05, 4.69) is 5.32 Å². The van der Waals surface area contributed by atoms with E-state index in [0.717, 1.165) is 11.1 Å². The van der Waals surface area contributed by atoms with Crippen molar-refractivity contribution in [2.24, 2.45) is 0 Å². The van der Waals surface area contributed by atoms with E-state index in [1.54, 1.807) is 36.4 Å². The number of anilines is 1. The van der Waals surface area contributed by atoms with Crippen LogP contribution in [0.4, 0.5) is 5.69 Å². The molecule has 0 saturated carbocycles. The first-order valence-electron chi connectivity index (χ1n) is 7.92. The number of para-hydroxylation sites is 1. The number of rotatable bonds is 4. The van der Waals surface area contributed by atoms with Gasteiger partial charge in [0.1, 0.15) is 6.04 Å². The highest BCUT2D eigenvalue weighted by Gasteiger charge is 2.41. The number of benzene rings is 2. The number of sulfonamides is 1. The second-order valence-corrected chi connectivity index (χ2v) is 7.67. The monoisotopic (exact) mass is 344 g/mol. The molecule has 0 spiro atoms. The van der Waals surface area contributed by atoms with Crippen LogP contribution >= 0.6 is 0 Å². The van der Waals surface area contributed by atoms with Gasteiger partial charge in [-0.05, 0) is 37.6 Å². The van der Waals surface area contributed by atoms with Gasteiger partial charge in [-0.2, -0.15) is 0 Å². The van der Waals surface area contributed by atoms with E-state index < -0.39 is 16.1 Å². The smallest absolute Gasteiger partial charge is 0.265 e. The molecule has 0 saturated heterocycles. The zero-order valence-corrected chi connectivity index (χ0v) is 14.5. The number of hydrogen-bond donors (Lipinski definition) is 1. The van der Waals surface area contributed by atoms with Gasteiger partial charge in [0.2, 0.25) is 5.91 Å².